The van der Waals surface area contributed by atoms with Crippen LogP contribution in [0.2, 0.25) is 5.15 Å². The summed E-state index contributed by atoms with van der Waals surface area (Å²) in [5.41, 5.74) is -0.436. The number of halogens is 6. The zero-order valence-corrected chi connectivity index (χ0v) is 28.6. The van der Waals surface area contributed by atoms with E-state index in [0.717, 1.165) is 19.3 Å². The molecule has 2 atom stereocenters. The zero-order valence-electron chi connectivity index (χ0n) is 27.8. The summed E-state index contributed by atoms with van der Waals surface area (Å²) in [7, 11) is 0. The molecule has 50 heavy (non-hydrogen) atoms. The quantitative estimate of drug-likeness (QED) is 0.0692. The Morgan fingerprint density at radius 2 is 1.84 bits per heavy atom. The molecule has 1 aliphatic carbocycles. The SMILES string of the molecule is C=CCCCCc1cc(F)cc(C)c1-c1cc(C2CC2)c(F)c([C@H](CC(=O)OCC)NC(=O)[C@H](CC=C)n2nc(Cl)cc(C(F)(F)F)c2=O)c1. The number of hydrogen-bond donors (Lipinski definition) is 1. The number of amides is 1. The van der Waals surface area contributed by atoms with E-state index in [-0.39, 0.29) is 24.5 Å². The van der Waals surface area contributed by atoms with Crippen molar-refractivity contribution in [1.29, 1.82) is 0 Å². The van der Waals surface area contributed by atoms with Gasteiger partial charge in [-0.15, -0.1) is 13.2 Å². The molecule has 7 nitrogen and oxygen atoms in total. The lowest BCUT2D eigenvalue weighted by Crippen LogP contribution is -2.42. The second kappa shape index (κ2) is 16.6. The second-order valence-electron chi connectivity index (χ2n) is 12.3. The third-order valence-corrected chi connectivity index (χ3v) is 8.67. The van der Waals surface area contributed by atoms with Gasteiger partial charge in [0.25, 0.3) is 5.56 Å². The molecule has 13 heteroatoms. The van der Waals surface area contributed by atoms with E-state index < -0.39 is 64.5 Å². The number of aryl methyl sites for hydroxylation is 2. The van der Waals surface area contributed by atoms with Gasteiger partial charge in [-0.2, -0.15) is 18.3 Å². The number of ether oxygens (including phenoxy) is 1. The molecular formula is C37H39ClF5N3O4. The van der Waals surface area contributed by atoms with E-state index in [0.29, 0.717) is 57.8 Å². The number of rotatable bonds is 16. The molecule has 0 bridgehead atoms. The summed E-state index contributed by atoms with van der Waals surface area (Å²) in [5.74, 6) is -3.05. The highest BCUT2D eigenvalue weighted by Gasteiger charge is 2.38. The van der Waals surface area contributed by atoms with Gasteiger partial charge >= 0.3 is 12.1 Å². The summed E-state index contributed by atoms with van der Waals surface area (Å²) >= 11 is 5.85. The predicted octanol–water partition coefficient (Wildman–Crippen LogP) is 8.87. The fourth-order valence-electron chi connectivity index (χ4n) is 6.05. The van der Waals surface area contributed by atoms with Crippen molar-refractivity contribution in [2.24, 2.45) is 0 Å². The molecule has 1 N–H and O–H groups in total. The van der Waals surface area contributed by atoms with Crippen LogP contribution in [-0.2, 0) is 26.9 Å². The Morgan fingerprint density at radius 1 is 1.12 bits per heavy atom. The first-order valence-electron chi connectivity index (χ1n) is 16.4. The van der Waals surface area contributed by atoms with Crippen LogP contribution in [0.4, 0.5) is 22.0 Å². The molecule has 1 aromatic heterocycles. The maximum atomic E-state index is 16.5. The van der Waals surface area contributed by atoms with Gasteiger partial charge in [-0.1, -0.05) is 23.8 Å². The van der Waals surface area contributed by atoms with Crippen LogP contribution in [0.5, 0.6) is 0 Å². The molecule has 1 aliphatic rings. The van der Waals surface area contributed by atoms with E-state index in [1.807, 2.05) is 0 Å². The number of esters is 1. The fraction of sp³-hybridized carbons (Fsp3) is 0.405. The molecule has 1 fully saturated rings. The number of carbonyl (C=O) groups excluding carboxylic acids is 2. The highest BCUT2D eigenvalue weighted by Crippen LogP contribution is 2.45. The van der Waals surface area contributed by atoms with Crippen LogP contribution in [0.15, 0.2) is 60.4 Å². The van der Waals surface area contributed by atoms with Crippen molar-refractivity contribution in [1.82, 2.24) is 15.1 Å². The standard InChI is InChI=1S/C37H39ClF5N3O4/c1-5-8-9-10-12-23-16-25(39)15-21(4)33(23)24-17-26(22-13-14-22)34(40)27(18-24)29(20-32(47)50-7-3)44-35(48)30(11-6-2)46-36(49)28(37(41,42)43)19-31(38)45-46/h5-6,15-19,22,29-30H,1-2,7-14,20H2,3-4H3,(H,44,48)/t29-,30-/m0/s1. The average Bonchev–Trinajstić information content (AvgIpc) is 3.88. The highest BCUT2D eigenvalue weighted by atomic mass is 35.5. The maximum Gasteiger partial charge on any atom is 0.421 e. The average molecular weight is 720 g/mol. The third-order valence-electron chi connectivity index (χ3n) is 8.49. The number of unbranched alkanes of at least 4 members (excludes halogenated alkanes) is 2. The summed E-state index contributed by atoms with van der Waals surface area (Å²) in [6, 6.07) is 3.30. The van der Waals surface area contributed by atoms with Gasteiger partial charge in [-0.3, -0.25) is 14.4 Å². The van der Waals surface area contributed by atoms with Gasteiger partial charge in [0.1, 0.15) is 23.2 Å². The van der Waals surface area contributed by atoms with Crippen LogP contribution in [0.1, 0.15) is 97.7 Å². The van der Waals surface area contributed by atoms with Crippen LogP contribution in [0, 0.1) is 18.6 Å². The fourth-order valence-corrected chi connectivity index (χ4v) is 6.24. The number of carbonyl (C=O) groups is 2. The summed E-state index contributed by atoms with van der Waals surface area (Å²) in [6.45, 7) is 10.6. The van der Waals surface area contributed by atoms with Crippen molar-refractivity contribution >= 4 is 23.5 Å². The minimum atomic E-state index is -5.10. The molecule has 4 rings (SSSR count). The topological polar surface area (TPSA) is 90.3 Å². The lowest BCUT2D eigenvalue weighted by Gasteiger charge is -2.25. The molecular weight excluding hydrogens is 681 g/mol. The van der Waals surface area contributed by atoms with Gasteiger partial charge in [0.2, 0.25) is 5.91 Å². The molecule has 2 aromatic carbocycles. The van der Waals surface area contributed by atoms with Gasteiger partial charge in [0, 0.05) is 5.56 Å². The minimum absolute atomic E-state index is 0.0134. The first-order chi connectivity index (χ1) is 23.7. The lowest BCUT2D eigenvalue weighted by molar-refractivity contribution is -0.144. The van der Waals surface area contributed by atoms with E-state index in [1.165, 1.54) is 24.3 Å². The third kappa shape index (κ3) is 9.26. The van der Waals surface area contributed by atoms with Gasteiger partial charge < -0.3 is 10.1 Å². The summed E-state index contributed by atoms with van der Waals surface area (Å²) in [5, 5.41) is 5.59. The predicted molar refractivity (Wildman–Crippen MR) is 181 cm³/mol. The van der Waals surface area contributed by atoms with Gasteiger partial charge in [0.05, 0.1) is 19.1 Å². The van der Waals surface area contributed by atoms with E-state index in [1.54, 1.807) is 26.0 Å². The number of allylic oxidation sites excluding steroid dienone is 2. The Kier molecular flexibility index (Phi) is 12.8. The number of benzene rings is 2. The first kappa shape index (κ1) is 38.5. The van der Waals surface area contributed by atoms with Gasteiger partial charge in [-0.25, -0.2) is 13.5 Å². The number of nitrogens with one attached hydrogen (secondary N) is 1. The normalized spacial score (nSPS) is 14.2. The lowest BCUT2D eigenvalue weighted by atomic mass is 9.87. The number of nitrogens with zero attached hydrogens (tertiary/aromatic N) is 2. The molecule has 0 radical (unpaired) electrons. The summed E-state index contributed by atoms with van der Waals surface area (Å²) in [6.07, 6.45) is 1.29. The minimum Gasteiger partial charge on any atom is -0.466 e. The smallest absolute Gasteiger partial charge is 0.421 e. The molecule has 1 saturated carbocycles. The van der Waals surface area contributed by atoms with E-state index in [9.17, 15) is 31.9 Å². The van der Waals surface area contributed by atoms with Crippen LogP contribution >= 0.6 is 11.6 Å². The highest BCUT2D eigenvalue weighted by molar-refractivity contribution is 6.29. The van der Waals surface area contributed by atoms with Crippen molar-refractivity contribution in [3.05, 3.63) is 111 Å². The van der Waals surface area contributed by atoms with Crippen molar-refractivity contribution in [2.45, 2.75) is 89.4 Å². The van der Waals surface area contributed by atoms with Crippen LogP contribution < -0.4 is 10.9 Å². The van der Waals surface area contributed by atoms with Crippen LogP contribution in [0.3, 0.4) is 0 Å². The van der Waals surface area contributed by atoms with E-state index >= 15 is 4.39 Å². The Balaban J connectivity index is 1.86. The molecule has 1 amide bonds. The molecule has 1 heterocycles. The Bertz CT molecular complexity index is 1820. The summed E-state index contributed by atoms with van der Waals surface area (Å²) in [4.78, 5) is 39.7. The van der Waals surface area contributed by atoms with E-state index in [2.05, 4.69) is 23.6 Å². The first-order valence-corrected chi connectivity index (χ1v) is 16.7. The maximum absolute atomic E-state index is 16.5. The zero-order chi connectivity index (χ0) is 36.7. The summed E-state index contributed by atoms with van der Waals surface area (Å²) < 4.78 is 77.7. The number of alkyl halides is 3. The molecule has 0 saturated heterocycles. The monoisotopic (exact) mass is 719 g/mol. The molecule has 0 unspecified atom stereocenters. The Labute approximate surface area is 292 Å². The molecule has 268 valence electrons. The van der Waals surface area contributed by atoms with Crippen molar-refractivity contribution in [2.75, 3.05) is 6.61 Å². The van der Waals surface area contributed by atoms with Crippen molar-refractivity contribution in [3.8, 4) is 11.1 Å². The largest absolute Gasteiger partial charge is 0.466 e. The van der Waals surface area contributed by atoms with E-state index in [4.69, 9.17) is 16.3 Å². The van der Waals surface area contributed by atoms with Crippen LogP contribution in [-0.4, -0.2) is 28.3 Å². The number of hydrogen-bond acceptors (Lipinski definition) is 5. The van der Waals surface area contributed by atoms with Crippen LogP contribution in [0.25, 0.3) is 11.1 Å². The number of aromatic nitrogens is 2. The Morgan fingerprint density at radius 3 is 2.46 bits per heavy atom. The van der Waals surface area contributed by atoms with Crippen molar-refractivity contribution < 1.29 is 36.3 Å². The van der Waals surface area contributed by atoms with Gasteiger partial charge in [-0.05, 0) is 123 Å². The van der Waals surface area contributed by atoms with Gasteiger partial charge in [0.15, 0.2) is 5.15 Å². The Hall–Kier alpha value is -4.32. The second-order valence-corrected chi connectivity index (χ2v) is 12.7. The molecule has 0 aliphatic heterocycles. The molecule has 3 aromatic rings. The van der Waals surface area contributed by atoms with Crippen molar-refractivity contribution in [3.63, 3.8) is 0 Å². The molecule has 0 spiro atoms.